The van der Waals surface area contributed by atoms with Gasteiger partial charge in [0, 0.05) is 12.1 Å². The van der Waals surface area contributed by atoms with Crippen LogP contribution in [0.4, 0.5) is 4.39 Å². The molecule has 0 unspecified atom stereocenters. The third-order valence-corrected chi connectivity index (χ3v) is 2.72. The van der Waals surface area contributed by atoms with Crippen LogP contribution in [0.2, 0.25) is 0 Å². The van der Waals surface area contributed by atoms with E-state index < -0.39 is 23.2 Å². The number of amides is 1. The van der Waals surface area contributed by atoms with Gasteiger partial charge in [-0.1, -0.05) is 35.5 Å². The van der Waals surface area contributed by atoms with Gasteiger partial charge >= 0.3 is 0 Å². The maximum absolute atomic E-state index is 13.1. The molecule has 0 atom stereocenters. The van der Waals surface area contributed by atoms with Gasteiger partial charge in [-0.15, -0.1) is 0 Å². The average Bonchev–Trinajstić information content (AvgIpc) is 2.49. The van der Waals surface area contributed by atoms with Crippen LogP contribution in [-0.4, -0.2) is 21.8 Å². The summed E-state index contributed by atoms with van der Waals surface area (Å²) in [5, 5.41) is 22.3. The van der Waals surface area contributed by atoms with Crippen molar-refractivity contribution in [3.05, 3.63) is 53.8 Å². The minimum absolute atomic E-state index is 0.0886. The van der Waals surface area contributed by atoms with Crippen LogP contribution in [0.5, 0.6) is 17.2 Å². The number of rotatable bonds is 5. The van der Waals surface area contributed by atoms with Crippen LogP contribution in [0.25, 0.3) is 0 Å². The first-order valence-corrected chi connectivity index (χ1v) is 6.26. The Morgan fingerprint density at radius 1 is 1.18 bits per heavy atom. The number of nitrogens with two attached hydrogens (primary N) is 1. The molecule has 0 saturated carbocycles. The number of halogens is 1. The van der Waals surface area contributed by atoms with E-state index in [1.807, 2.05) is 0 Å². The molecule has 0 bridgehead atoms. The van der Waals surface area contributed by atoms with Crippen LogP contribution in [0, 0.1) is 5.82 Å². The van der Waals surface area contributed by atoms with Gasteiger partial charge in [0.1, 0.15) is 0 Å². The van der Waals surface area contributed by atoms with E-state index in [9.17, 15) is 19.4 Å². The van der Waals surface area contributed by atoms with Crippen molar-refractivity contribution >= 4 is 11.6 Å². The smallest absolute Gasteiger partial charge is 0.223 e. The summed E-state index contributed by atoms with van der Waals surface area (Å²) in [5.41, 5.74) is 6.05. The molecule has 0 aliphatic rings. The molecule has 0 radical (unpaired) electrons. The first-order valence-electron chi connectivity index (χ1n) is 6.26. The van der Waals surface area contributed by atoms with Gasteiger partial charge in [-0.3, -0.25) is 4.79 Å². The fourth-order valence-electron chi connectivity index (χ4n) is 1.71. The van der Waals surface area contributed by atoms with Crippen molar-refractivity contribution in [2.75, 3.05) is 0 Å². The Kier molecular flexibility index (Phi) is 4.57. The zero-order chi connectivity index (χ0) is 16.1. The molecule has 114 valence electrons. The highest BCUT2D eigenvalue weighted by Crippen LogP contribution is 2.30. The first-order chi connectivity index (χ1) is 10.5. The second kappa shape index (κ2) is 6.57. The summed E-state index contributed by atoms with van der Waals surface area (Å²) in [4.78, 5) is 16.1. The summed E-state index contributed by atoms with van der Waals surface area (Å²) in [6.45, 7) is 0. The predicted octanol–water partition coefficient (Wildman–Crippen LogP) is 1.90. The Morgan fingerprint density at radius 3 is 2.32 bits per heavy atom. The number of carbonyl (C=O) groups excluding carboxylic acids is 1. The summed E-state index contributed by atoms with van der Waals surface area (Å²) in [6, 6.07) is 10.6. The zero-order valence-corrected chi connectivity index (χ0v) is 11.4. The maximum Gasteiger partial charge on any atom is 0.223 e. The van der Waals surface area contributed by atoms with Gasteiger partial charge in [0.2, 0.25) is 11.7 Å². The summed E-state index contributed by atoms with van der Waals surface area (Å²) < 4.78 is 13.1. The number of phenols is 2. The van der Waals surface area contributed by atoms with Crippen molar-refractivity contribution in [2.45, 2.75) is 6.42 Å². The Morgan fingerprint density at radius 2 is 1.77 bits per heavy atom. The summed E-state index contributed by atoms with van der Waals surface area (Å²) in [7, 11) is 0. The maximum atomic E-state index is 13.1. The van der Waals surface area contributed by atoms with Crippen molar-refractivity contribution in [3.63, 3.8) is 0 Å². The number of hydrogen-bond donors (Lipinski definition) is 3. The van der Waals surface area contributed by atoms with Crippen LogP contribution in [-0.2, 0) is 4.79 Å². The number of hydrogen-bond acceptors (Lipinski definition) is 5. The third-order valence-electron chi connectivity index (χ3n) is 2.72. The molecule has 4 N–H and O–H groups in total. The van der Waals surface area contributed by atoms with E-state index >= 15 is 0 Å². The van der Waals surface area contributed by atoms with Crippen LogP contribution in [0.3, 0.4) is 0 Å². The molecule has 0 aromatic heterocycles. The van der Waals surface area contributed by atoms with E-state index in [1.165, 1.54) is 0 Å². The molecule has 22 heavy (non-hydrogen) atoms. The summed E-state index contributed by atoms with van der Waals surface area (Å²) >= 11 is 0. The molecule has 0 heterocycles. The molecule has 2 aromatic carbocycles. The highest BCUT2D eigenvalue weighted by molar-refractivity contribution is 6.09. The van der Waals surface area contributed by atoms with Gasteiger partial charge < -0.3 is 20.8 Å². The largest absolute Gasteiger partial charge is 0.505 e. The number of phenolic OH excluding ortho intramolecular Hbond substituents is 2. The SMILES string of the molecule is NC(=O)C/C(=N\Oc1cc(O)c(F)c(O)c1)c1ccccc1. The van der Waals surface area contributed by atoms with Gasteiger partial charge in [0.05, 0.1) is 12.1 Å². The van der Waals surface area contributed by atoms with Gasteiger partial charge in [0.15, 0.2) is 17.2 Å². The number of nitrogens with zero attached hydrogens (tertiary/aromatic N) is 1. The van der Waals surface area contributed by atoms with E-state index in [-0.39, 0.29) is 17.9 Å². The second-order valence-corrected chi connectivity index (χ2v) is 4.41. The minimum atomic E-state index is -1.16. The Bertz CT molecular complexity index is 694. The molecule has 6 nitrogen and oxygen atoms in total. The Balaban J connectivity index is 2.29. The number of carbonyl (C=O) groups is 1. The zero-order valence-electron chi connectivity index (χ0n) is 11.4. The molecular weight excluding hydrogens is 291 g/mol. The first kappa shape index (κ1) is 15.3. The molecule has 0 fully saturated rings. The highest BCUT2D eigenvalue weighted by atomic mass is 19.1. The van der Waals surface area contributed by atoms with Gasteiger partial charge in [-0.05, 0) is 5.56 Å². The van der Waals surface area contributed by atoms with E-state index in [0.29, 0.717) is 5.56 Å². The number of aromatic hydroxyl groups is 2. The van der Waals surface area contributed by atoms with Gasteiger partial charge in [0.25, 0.3) is 0 Å². The summed E-state index contributed by atoms with van der Waals surface area (Å²) in [5.74, 6) is -3.40. The van der Waals surface area contributed by atoms with Crippen molar-refractivity contribution < 1.29 is 24.2 Å². The van der Waals surface area contributed by atoms with Crippen molar-refractivity contribution in [1.82, 2.24) is 0 Å². The van der Waals surface area contributed by atoms with E-state index in [0.717, 1.165) is 12.1 Å². The molecule has 0 saturated heterocycles. The predicted molar refractivity (Wildman–Crippen MR) is 77.1 cm³/mol. The highest BCUT2D eigenvalue weighted by Gasteiger charge is 2.12. The fourth-order valence-corrected chi connectivity index (χ4v) is 1.71. The molecular formula is C15H13FN2O4. The van der Waals surface area contributed by atoms with E-state index in [1.54, 1.807) is 30.3 Å². The Hall–Kier alpha value is -3.09. The lowest BCUT2D eigenvalue weighted by Crippen LogP contribution is -2.17. The molecule has 7 heteroatoms. The van der Waals surface area contributed by atoms with Crippen molar-refractivity contribution in [3.8, 4) is 17.2 Å². The molecule has 0 spiro atoms. The normalized spacial score (nSPS) is 11.2. The molecule has 0 aliphatic heterocycles. The fraction of sp³-hybridized carbons (Fsp3) is 0.0667. The number of oxime groups is 1. The number of primary amides is 1. The van der Waals surface area contributed by atoms with E-state index in [4.69, 9.17) is 10.6 Å². The molecule has 2 aromatic rings. The quantitative estimate of drug-likeness (QED) is 0.579. The second-order valence-electron chi connectivity index (χ2n) is 4.41. The molecule has 1 amide bonds. The van der Waals surface area contributed by atoms with Crippen LogP contribution in [0.15, 0.2) is 47.6 Å². The van der Waals surface area contributed by atoms with Gasteiger partial charge in [-0.25, -0.2) is 0 Å². The lowest BCUT2D eigenvalue weighted by Gasteiger charge is -2.06. The molecule has 2 rings (SSSR count). The third kappa shape index (κ3) is 3.72. The lowest BCUT2D eigenvalue weighted by molar-refractivity contribution is -0.116. The van der Waals surface area contributed by atoms with Crippen LogP contribution in [0.1, 0.15) is 12.0 Å². The topological polar surface area (TPSA) is 105 Å². The number of benzene rings is 2. The van der Waals surface area contributed by atoms with Crippen LogP contribution >= 0.6 is 0 Å². The van der Waals surface area contributed by atoms with Crippen LogP contribution < -0.4 is 10.6 Å². The van der Waals surface area contributed by atoms with Crippen molar-refractivity contribution in [2.24, 2.45) is 10.9 Å². The lowest BCUT2D eigenvalue weighted by atomic mass is 10.1. The van der Waals surface area contributed by atoms with Crippen molar-refractivity contribution in [1.29, 1.82) is 0 Å². The average molecular weight is 304 g/mol. The summed E-state index contributed by atoms with van der Waals surface area (Å²) in [6.07, 6.45) is -0.164. The Labute approximate surface area is 125 Å². The van der Waals surface area contributed by atoms with Gasteiger partial charge in [-0.2, -0.15) is 4.39 Å². The van der Waals surface area contributed by atoms with E-state index in [2.05, 4.69) is 5.16 Å². The minimum Gasteiger partial charge on any atom is -0.505 e. The standard InChI is InChI=1S/C15H13FN2O4/c16-15-12(19)6-10(7-13(15)20)22-18-11(8-14(17)21)9-4-2-1-3-5-9/h1-7,19-20H,8H2,(H2,17,21)/b18-11+. The molecule has 0 aliphatic carbocycles. The monoisotopic (exact) mass is 304 g/mol.